The molecule has 0 radical (unpaired) electrons. The Balaban J connectivity index is 0.969. The van der Waals surface area contributed by atoms with Gasteiger partial charge in [0.25, 0.3) is 0 Å². The molecule has 0 amide bonds. The lowest BCUT2D eigenvalue weighted by atomic mass is 9.99. The first-order chi connectivity index (χ1) is 29.1. The third-order valence-electron chi connectivity index (χ3n) is 11.3. The summed E-state index contributed by atoms with van der Waals surface area (Å²) in [5, 5.41) is 1.15. The predicted octanol–water partition coefficient (Wildman–Crippen LogP) is 16.2. The molecule has 280 valence electrons. The maximum Gasteiger partial charge on any atom is 0.138 e. The Morgan fingerprint density at radius 1 is 0.288 bits per heavy atom. The third kappa shape index (κ3) is 7.25. The summed E-state index contributed by atoms with van der Waals surface area (Å²) in [7, 11) is 0. The fraction of sp³-hybridized carbons (Fsp3) is 0.0175. The normalized spacial score (nSPS) is 11.1. The molecule has 0 spiro atoms. The number of hydrogen-bond acceptors (Lipinski definition) is 2. The highest BCUT2D eigenvalue weighted by molar-refractivity contribution is 5.89. The van der Waals surface area contributed by atoms with Crippen molar-refractivity contribution in [1.29, 1.82) is 0 Å². The molecule has 0 bridgehead atoms. The highest BCUT2D eigenvalue weighted by atomic mass is 16.3. The average molecular weight is 756 g/mol. The quantitative estimate of drug-likeness (QED) is 0.146. The van der Waals surface area contributed by atoms with Crippen molar-refractivity contribution in [2.45, 2.75) is 6.92 Å². The van der Waals surface area contributed by atoms with Crippen LogP contribution in [0.4, 0.5) is 17.1 Å². The molecule has 0 unspecified atom stereocenters. The van der Waals surface area contributed by atoms with Crippen LogP contribution in [0.25, 0.3) is 77.9 Å². The topological polar surface area (TPSA) is 16.4 Å². The van der Waals surface area contributed by atoms with Crippen LogP contribution in [0, 0.1) is 6.92 Å². The molecule has 10 aromatic rings. The van der Waals surface area contributed by atoms with Crippen LogP contribution < -0.4 is 4.90 Å². The van der Waals surface area contributed by atoms with E-state index >= 15 is 0 Å². The average Bonchev–Trinajstić information content (AvgIpc) is 3.66. The van der Waals surface area contributed by atoms with E-state index in [1.807, 2.05) is 12.1 Å². The van der Waals surface area contributed by atoms with Gasteiger partial charge in [0, 0.05) is 33.6 Å². The fourth-order valence-electron chi connectivity index (χ4n) is 8.12. The largest absolute Gasteiger partial charge is 0.456 e. The number of benzene rings is 9. The number of fused-ring (bicyclic) bond motifs is 1. The number of anilines is 3. The highest BCUT2D eigenvalue weighted by Crippen LogP contribution is 2.39. The van der Waals surface area contributed by atoms with Crippen molar-refractivity contribution < 1.29 is 4.42 Å². The third-order valence-corrected chi connectivity index (χ3v) is 11.3. The number of aryl methyl sites for hydroxylation is 1. The molecule has 0 fully saturated rings. The zero-order valence-electron chi connectivity index (χ0n) is 32.8. The molecule has 59 heavy (non-hydrogen) atoms. The van der Waals surface area contributed by atoms with Gasteiger partial charge in [0.15, 0.2) is 0 Å². The van der Waals surface area contributed by atoms with Crippen molar-refractivity contribution in [2.75, 3.05) is 4.90 Å². The van der Waals surface area contributed by atoms with Crippen molar-refractivity contribution in [3.8, 4) is 67.0 Å². The first kappa shape index (κ1) is 35.7. The summed E-state index contributed by atoms with van der Waals surface area (Å²) in [6, 6.07) is 82.3. The molecule has 0 saturated heterocycles. The number of rotatable bonds is 9. The predicted molar refractivity (Wildman–Crippen MR) is 248 cm³/mol. The molecule has 10 rings (SSSR count). The van der Waals surface area contributed by atoms with Crippen LogP contribution in [-0.4, -0.2) is 0 Å². The molecular formula is C57H41NO. The lowest BCUT2D eigenvalue weighted by molar-refractivity contribution is 0.629. The van der Waals surface area contributed by atoms with Crippen LogP contribution in [0.15, 0.2) is 235 Å². The molecule has 0 saturated carbocycles. The Bertz CT molecular complexity index is 2860. The molecule has 2 nitrogen and oxygen atoms in total. The molecule has 0 aliphatic heterocycles. The van der Waals surface area contributed by atoms with E-state index in [1.54, 1.807) is 0 Å². The molecule has 1 heterocycles. The van der Waals surface area contributed by atoms with Gasteiger partial charge in [0.1, 0.15) is 11.3 Å². The number of nitrogens with zero attached hydrogens (tertiary/aromatic N) is 1. The van der Waals surface area contributed by atoms with Gasteiger partial charge in [0.2, 0.25) is 0 Å². The lowest BCUT2D eigenvalue weighted by Gasteiger charge is -2.26. The maximum absolute atomic E-state index is 6.34. The minimum Gasteiger partial charge on any atom is -0.456 e. The molecule has 0 atom stereocenters. The Labute approximate surface area is 345 Å². The van der Waals surface area contributed by atoms with E-state index in [4.69, 9.17) is 4.42 Å². The fourth-order valence-corrected chi connectivity index (χ4v) is 8.12. The van der Waals surface area contributed by atoms with Gasteiger partial charge in [-0.15, -0.1) is 0 Å². The summed E-state index contributed by atoms with van der Waals surface area (Å²) in [6.07, 6.45) is 0. The van der Waals surface area contributed by atoms with E-state index in [1.165, 1.54) is 44.5 Å². The molecule has 2 heteroatoms. The SMILES string of the molecule is Cc1c(-c2cccc(-c3ccc(N(c4ccc(-c5ccc(-c6ccccc6)cc5)cc4)c4ccc(-c5ccc(-c6ccccc6)cc5)cc4)cc3)c2)oc2ccccc12. The van der Waals surface area contributed by atoms with Crippen molar-refractivity contribution in [3.63, 3.8) is 0 Å². The van der Waals surface area contributed by atoms with Gasteiger partial charge in [-0.2, -0.15) is 0 Å². The minimum atomic E-state index is 0.915. The van der Waals surface area contributed by atoms with Crippen molar-refractivity contribution in [3.05, 3.63) is 236 Å². The summed E-state index contributed by atoms with van der Waals surface area (Å²) in [5.74, 6) is 0.919. The Hall–Kier alpha value is -7.68. The van der Waals surface area contributed by atoms with Gasteiger partial charge < -0.3 is 9.32 Å². The standard InChI is InChI=1S/C57H41NO/c1-40-55-17-8-9-18-56(55)59-57(40)51-16-10-15-50(39-51)49-31-37-54(38-32-49)58(52-33-27-47(28-34-52)45-23-19-43(20-24-45)41-11-4-2-5-12-41)53-35-29-48(30-36-53)46-25-21-44(22-26-46)42-13-6-3-7-14-42/h2-39H,1H3. The molecule has 9 aromatic carbocycles. The van der Waals surface area contributed by atoms with E-state index in [2.05, 4.69) is 230 Å². The summed E-state index contributed by atoms with van der Waals surface area (Å²) in [6.45, 7) is 2.14. The summed E-state index contributed by atoms with van der Waals surface area (Å²) >= 11 is 0. The van der Waals surface area contributed by atoms with Crippen molar-refractivity contribution in [1.82, 2.24) is 0 Å². The Kier molecular flexibility index (Phi) is 9.50. The van der Waals surface area contributed by atoms with Crippen LogP contribution in [0.5, 0.6) is 0 Å². The number of furan rings is 1. The monoisotopic (exact) mass is 755 g/mol. The summed E-state index contributed by atoms with van der Waals surface area (Å²) in [5.41, 5.74) is 18.3. The van der Waals surface area contributed by atoms with Crippen molar-refractivity contribution in [2.24, 2.45) is 0 Å². The maximum atomic E-state index is 6.34. The first-order valence-electron chi connectivity index (χ1n) is 20.2. The number of hydrogen-bond donors (Lipinski definition) is 0. The van der Waals surface area contributed by atoms with Crippen LogP contribution in [0.1, 0.15) is 5.56 Å². The van der Waals surface area contributed by atoms with E-state index < -0.39 is 0 Å². The van der Waals surface area contributed by atoms with Crippen LogP contribution >= 0.6 is 0 Å². The second-order valence-corrected chi connectivity index (χ2v) is 15.0. The van der Waals surface area contributed by atoms with Gasteiger partial charge in [-0.25, -0.2) is 0 Å². The zero-order valence-corrected chi connectivity index (χ0v) is 32.8. The van der Waals surface area contributed by atoms with E-state index in [-0.39, 0.29) is 0 Å². The van der Waals surface area contributed by atoms with Crippen LogP contribution in [-0.2, 0) is 0 Å². The molecule has 0 aliphatic rings. The second-order valence-electron chi connectivity index (χ2n) is 15.0. The zero-order chi connectivity index (χ0) is 39.5. The van der Waals surface area contributed by atoms with Crippen LogP contribution in [0.2, 0.25) is 0 Å². The molecule has 0 aliphatic carbocycles. The second kappa shape index (κ2) is 15.7. The van der Waals surface area contributed by atoms with E-state index in [0.29, 0.717) is 0 Å². The smallest absolute Gasteiger partial charge is 0.138 e. The van der Waals surface area contributed by atoms with Crippen molar-refractivity contribution >= 4 is 28.0 Å². The van der Waals surface area contributed by atoms with Gasteiger partial charge >= 0.3 is 0 Å². The summed E-state index contributed by atoms with van der Waals surface area (Å²) < 4.78 is 6.34. The molecule has 1 aromatic heterocycles. The molecule has 0 N–H and O–H groups in total. The Morgan fingerprint density at radius 2 is 0.610 bits per heavy atom. The minimum absolute atomic E-state index is 0.915. The van der Waals surface area contributed by atoms with E-state index in [0.717, 1.165) is 56.0 Å². The highest BCUT2D eigenvalue weighted by Gasteiger charge is 2.16. The van der Waals surface area contributed by atoms with Gasteiger partial charge in [0.05, 0.1) is 0 Å². The Morgan fingerprint density at radius 3 is 1.03 bits per heavy atom. The summed E-state index contributed by atoms with van der Waals surface area (Å²) in [4.78, 5) is 2.34. The molecular weight excluding hydrogens is 715 g/mol. The van der Waals surface area contributed by atoms with Gasteiger partial charge in [-0.05, 0) is 111 Å². The number of para-hydroxylation sites is 1. The van der Waals surface area contributed by atoms with E-state index in [9.17, 15) is 0 Å². The van der Waals surface area contributed by atoms with Crippen LogP contribution in [0.3, 0.4) is 0 Å². The first-order valence-corrected chi connectivity index (χ1v) is 20.2. The van der Waals surface area contributed by atoms with Gasteiger partial charge in [-0.1, -0.05) is 182 Å². The lowest BCUT2D eigenvalue weighted by Crippen LogP contribution is -2.09. The van der Waals surface area contributed by atoms with Gasteiger partial charge in [-0.3, -0.25) is 0 Å².